The van der Waals surface area contributed by atoms with E-state index in [-0.39, 0.29) is 5.69 Å². The zero-order chi connectivity index (χ0) is 21.3. The van der Waals surface area contributed by atoms with Crippen molar-refractivity contribution in [1.82, 2.24) is 15.0 Å². The lowest BCUT2D eigenvalue weighted by atomic mass is 10.2. The Morgan fingerprint density at radius 1 is 1.13 bits per heavy atom. The van der Waals surface area contributed by atoms with Crippen LogP contribution < -0.4 is 10.2 Å². The summed E-state index contributed by atoms with van der Waals surface area (Å²) in [5.74, 6) is -0.782. The van der Waals surface area contributed by atoms with Crippen LogP contribution in [0.1, 0.15) is 10.4 Å². The van der Waals surface area contributed by atoms with Crippen LogP contribution in [0, 0.1) is 11.6 Å². The molecule has 0 atom stereocenters. The average Bonchev–Trinajstić information content (AvgIpc) is 3.14. The third-order valence-corrected chi connectivity index (χ3v) is 5.16. The van der Waals surface area contributed by atoms with Gasteiger partial charge in [0.05, 0.1) is 18.4 Å². The molecule has 0 radical (unpaired) electrons. The minimum Gasteiger partial charge on any atom is -0.465 e. The van der Waals surface area contributed by atoms with Crippen LogP contribution in [0.25, 0.3) is 10.3 Å². The van der Waals surface area contributed by atoms with Gasteiger partial charge in [-0.2, -0.15) is 0 Å². The highest BCUT2D eigenvalue weighted by atomic mass is 32.1. The van der Waals surface area contributed by atoms with Crippen molar-refractivity contribution < 1.29 is 18.3 Å². The number of thiazole rings is 1. The van der Waals surface area contributed by atoms with Crippen molar-refractivity contribution in [2.45, 2.75) is 0 Å². The second kappa shape index (κ2) is 7.99. The topological polar surface area (TPSA) is 80.2 Å². The molecule has 0 aliphatic heterocycles. The molecular weight excluding hydrogens is 412 g/mol. The molecular formula is C20H15F2N5O2S. The number of aromatic nitrogens is 3. The van der Waals surface area contributed by atoms with Crippen molar-refractivity contribution in [3.63, 3.8) is 0 Å². The molecule has 3 heterocycles. The molecule has 0 bridgehead atoms. The zero-order valence-corrected chi connectivity index (χ0v) is 16.7. The van der Waals surface area contributed by atoms with Gasteiger partial charge in [-0.1, -0.05) is 11.3 Å². The van der Waals surface area contributed by atoms with Gasteiger partial charge < -0.3 is 15.0 Å². The fourth-order valence-corrected chi connectivity index (χ4v) is 3.58. The highest BCUT2D eigenvalue weighted by Crippen LogP contribution is 2.31. The SMILES string of the molecule is COC(=O)c1ccc(Nc2nc3ccc(N(C)c4ccc(F)cc4F)nc3s2)nc1. The maximum absolute atomic E-state index is 14.1. The number of carbonyl (C=O) groups is 1. The average molecular weight is 427 g/mol. The number of nitrogens with one attached hydrogen (secondary N) is 1. The molecule has 0 saturated carbocycles. The van der Waals surface area contributed by atoms with Crippen LogP contribution in [-0.2, 0) is 4.74 Å². The van der Waals surface area contributed by atoms with Crippen molar-refractivity contribution in [3.8, 4) is 0 Å². The number of esters is 1. The van der Waals surface area contributed by atoms with Crippen LogP contribution >= 0.6 is 11.3 Å². The zero-order valence-electron chi connectivity index (χ0n) is 15.9. The Balaban J connectivity index is 1.57. The molecule has 0 fully saturated rings. The van der Waals surface area contributed by atoms with Crippen molar-refractivity contribution in [1.29, 1.82) is 0 Å². The van der Waals surface area contributed by atoms with E-state index in [2.05, 4.69) is 25.0 Å². The Kier molecular flexibility index (Phi) is 5.23. The predicted molar refractivity (Wildman–Crippen MR) is 111 cm³/mol. The number of benzene rings is 1. The second-order valence-corrected chi connectivity index (χ2v) is 7.19. The standard InChI is InChI=1S/C20H15F2N5O2S/c1-27(15-6-4-12(21)9-13(15)22)17-8-5-14-18(26-17)30-20(24-14)25-16-7-3-11(10-23-16)19(28)29-2/h3-10H,1-2H3,(H,23,24,25). The Hall–Kier alpha value is -3.66. The van der Waals surface area contributed by atoms with Crippen LogP contribution in [0.2, 0.25) is 0 Å². The number of rotatable bonds is 5. The largest absolute Gasteiger partial charge is 0.465 e. The number of hydrogen-bond donors (Lipinski definition) is 1. The molecule has 1 N–H and O–H groups in total. The Morgan fingerprint density at radius 2 is 1.97 bits per heavy atom. The van der Waals surface area contributed by atoms with Crippen molar-refractivity contribution >= 4 is 50.1 Å². The summed E-state index contributed by atoms with van der Waals surface area (Å²) in [5.41, 5.74) is 1.21. The van der Waals surface area contributed by atoms with E-state index in [9.17, 15) is 13.6 Å². The summed E-state index contributed by atoms with van der Waals surface area (Å²) in [6.45, 7) is 0. The fraction of sp³-hybridized carbons (Fsp3) is 0.100. The van der Waals surface area contributed by atoms with Crippen molar-refractivity contribution in [2.24, 2.45) is 0 Å². The molecule has 0 aliphatic rings. The van der Waals surface area contributed by atoms with E-state index in [0.717, 1.165) is 6.07 Å². The lowest BCUT2D eigenvalue weighted by molar-refractivity contribution is 0.0600. The number of nitrogens with zero attached hydrogens (tertiary/aromatic N) is 4. The van der Waals surface area contributed by atoms with Crippen molar-refractivity contribution in [2.75, 3.05) is 24.4 Å². The maximum atomic E-state index is 14.1. The summed E-state index contributed by atoms with van der Waals surface area (Å²) in [6.07, 6.45) is 1.41. The Morgan fingerprint density at radius 3 is 2.67 bits per heavy atom. The van der Waals surface area contributed by atoms with Gasteiger partial charge in [0.2, 0.25) is 0 Å². The molecule has 152 valence electrons. The highest BCUT2D eigenvalue weighted by molar-refractivity contribution is 7.21. The van der Waals surface area contributed by atoms with E-state index < -0.39 is 17.6 Å². The molecule has 4 aromatic rings. The van der Waals surface area contributed by atoms with Crippen LogP contribution in [0.5, 0.6) is 0 Å². The Bertz CT molecular complexity index is 1230. The van der Waals surface area contributed by atoms with Gasteiger partial charge in [0, 0.05) is 19.3 Å². The monoisotopic (exact) mass is 427 g/mol. The van der Waals surface area contributed by atoms with Crippen LogP contribution in [-0.4, -0.2) is 35.1 Å². The quantitative estimate of drug-likeness (QED) is 0.464. The second-order valence-electron chi connectivity index (χ2n) is 6.22. The third kappa shape index (κ3) is 3.90. The van der Waals surface area contributed by atoms with Gasteiger partial charge in [0.25, 0.3) is 0 Å². The predicted octanol–water partition coefficient (Wildman–Crippen LogP) is 4.66. The van der Waals surface area contributed by atoms with Gasteiger partial charge in [-0.25, -0.2) is 28.5 Å². The summed E-state index contributed by atoms with van der Waals surface area (Å²) in [5, 5.41) is 3.62. The molecule has 4 rings (SSSR count). The van der Waals surface area contributed by atoms with Gasteiger partial charge in [-0.05, 0) is 36.4 Å². The summed E-state index contributed by atoms with van der Waals surface area (Å²) in [7, 11) is 2.95. The molecule has 0 aliphatic carbocycles. The van der Waals surface area contributed by atoms with Crippen LogP contribution in [0.15, 0.2) is 48.7 Å². The van der Waals surface area contributed by atoms with Crippen molar-refractivity contribution in [3.05, 3.63) is 65.9 Å². The first-order chi connectivity index (χ1) is 14.4. The van der Waals surface area contributed by atoms with E-state index in [4.69, 9.17) is 0 Å². The number of methoxy groups -OCH3 is 1. The fourth-order valence-electron chi connectivity index (χ4n) is 2.74. The van der Waals surface area contributed by atoms with E-state index >= 15 is 0 Å². The molecule has 0 saturated heterocycles. The molecule has 30 heavy (non-hydrogen) atoms. The van der Waals surface area contributed by atoms with Gasteiger partial charge >= 0.3 is 5.97 Å². The minimum absolute atomic E-state index is 0.209. The van der Waals surface area contributed by atoms with E-state index in [0.29, 0.717) is 32.7 Å². The first-order valence-electron chi connectivity index (χ1n) is 8.72. The normalized spacial score (nSPS) is 10.8. The van der Waals surface area contributed by atoms with E-state index in [1.165, 1.54) is 41.7 Å². The summed E-state index contributed by atoms with van der Waals surface area (Å²) >= 11 is 1.30. The lowest BCUT2D eigenvalue weighted by Crippen LogP contribution is -2.12. The number of ether oxygens (including phenoxy) is 1. The number of pyridine rings is 2. The first kappa shape index (κ1) is 19.6. The molecule has 3 aromatic heterocycles. The molecule has 1 aromatic carbocycles. The van der Waals surface area contributed by atoms with Crippen LogP contribution in [0.3, 0.4) is 0 Å². The first-order valence-corrected chi connectivity index (χ1v) is 9.54. The number of fused-ring (bicyclic) bond motifs is 1. The highest BCUT2D eigenvalue weighted by Gasteiger charge is 2.14. The number of halogens is 2. The lowest BCUT2D eigenvalue weighted by Gasteiger charge is -2.18. The van der Waals surface area contributed by atoms with Gasteiger partial charge in [-0.15, -0.1) is 0 Å². The third-order valence-electron chi connectivity index (χ3n) is 4.28. The molecule has 0 amide bonds. The maximum Gasteiger partial charge on any atom is 0.339 e. The van der Waals surface area contributed by atoms with E-state index in [1.54, 1.807) is 31.3 Å². The summed E-state index contributed by atoms with van der Waals surface area (Å²) in [4.78, 5) is 26.8. The van der Waals surface area contributed by atoms with Crippen LogP contribution in [0.4, 0.5) is 31.2 Å². The van der Waals surface area contributed by atoms with Gasteiger partial charge in [0.15, 0.2) is 5.13 Å². The number of anilines is 4. The summed E-state index contributed by atoms with van der Waals surface area (Å²) < 4.78 is 31.9. The van der Waals surface area contributed by atoms with Gasteiger partial charge in [-0.3, -0.25) is 0 Å². The Labute approximate surface area is 174 Å². The minimum atomic E-state index is -0.674. The van der Waals surface area contributed by atoms with Gasteiger partial charge in [0.1, 0.15) is 33.6 Å². The summed E-state index contributed by atoms with van der Waals surface area (Å²) in [6, 6.07) is 10.1. The van der Waals surface area contributed by atoms with E-state index in [1.807, 2.05) is 0 Å². The molecule has 0 spiro atoms. The molecule has 7 nitrogen and oxygen atoms in total. The smallest absolute Gasteiger partial charge is 0.339 e. The molecule has 0 unspecified atom stereocenters. The number of hydrogen-bond acceptors (Lipinski definition) is 8. The number of carbonyl (C=O) groups excluding carboxylic acids is 1. The molecule has 10 heteroatoms.